The third-order valence-corrected chi connectivity index (χ3v) is 6.93. The number of imidazole rings is 1. The average molecular weight is 532 g/mol. The molecule has 0 atom stereocenters. The first-order valence-electron chi connectivity index (χ1n) is 13.1. The number of hydrogen-bond donors (Lipinski definition) is 3. The van der Waals surface area contributed by atoms with Crippen LogP contribution >= 0.6 is 0 Å². The molecule has 0 bridgehead atoms. The highest BCUT2D eigenvalue weighted by molar-refractivity contribution is 6.05. The van der Waals surface area contributed by atoms with Gasteiger partial charge in [0.2, 0.25) is 0 Å². The predicted octanol–water partition coefficient (Wildman–Crippen LogP) is 6.33. The normalized spacial score (nSPS) is 12.0. The van der Waals surface area contributed by atoms with E-state index in [4.69, 9.17) is 10.7 Å². The zero-order chi connectivity index (χ0) is 28.4. The maximum absolute atomic E-state index is 13.1. The highest BCUT2D eigenvalue weighted by atomic mass is 16.1. The van der Waals surface area contributed by atoms with Crippen molar-refractivity contribution in [3.8, 4) is 11.3 Å². The van der Waals surface area contributed by atoms with Crippen LogP contribution in [0.25, 0.3) is 16.9 Å². The molecule has 5 rings (SSSR count). The van der Waals surface area contributed by atoms with Crippen molar-refractivity contribution in [3.05, 3.63) is 108 Å². The number of fused-ring (bicyclic) bond motifs is 1. The summed E-state index contributed by atoms with van der Waals surface area (Å²) in [5.74, 6) is 0.935. The van der Waals surface area contributed by atoms with E-state index in [-0.39, 0.29) is 11.3 Å². The van der Waals surface area contributed by atoms with Crippen LogP contribution in [-0.4, -0.2) is 33.2 Å². The molecule has 0 saturated heterocycles. The van der Waals surface area contributed by atoms with Gasteiger partial charge in [-0.25, -0.2) is 9.97 Å². The minimum atomic E-state index is -0.154. The zero-order valence-electron chi connectivity index (χ0n) is 23.4. The molecule has 5 aromatic rings. The molecule has 2 heterocycles. The van der Waals surface area contributed by atoms with E-state index in [0.29, 0.717) is 22.9 Å². The van der Waals surface area contributed by atoms with Crippen molar-refractivity contribution in [2.24, 2.45) is 10.7 Å². The van der Waals surface area contributed by atoms with Crippen molar-refractivity contribution in [2.75, 3.05) is 17.7 Å². The molecule has 3 aromatic carbocycles. The van der Waals surface area contributed by atoms with Gasteiger partial charge in [0.15, 0.2) is 11.5 Å². The number of anilines is 3. The summed E-state index contributed by atoms with van der Waals surface area (Å²) in [5, 5.41) is 6.46. The molecule has 0 aliphatic heterocycles. The summed E-state index contributed by atoms with van der Waals surface area (Å²) in [7, 11) is 1.67. The molecular weight excluding hydrogens is 498 g/mol. The molecule has 4 N–H and O–H groups in total. The summed E-state index contributed by atoms with van der Waals surface area (Å²) in [5.41, 5.74) is 13.4. The Bertz CT molecular complexity index is 1710. The Balaban J connectivity index is 1.44. The monoisotopic (exact) mass is 531 g/mol. The maximum Gasteiger partial charge on any atom is 0.255 e. The number of nitrogens with two attached hydrogens (primary N) is 1. The van der Waals surface area contributed by atoms with Crippen LogP contribution in [0.5, 0.6) is 0 Å². The molecular formula is C32H33N7O. The number of nitrogens with one attached hydrogen (secondary N) is 2. The summed E-state index contributed by atoms with van der Waals surface area (Å²) in [6.45, 7) is 8.45. The molecule has 202 valence electrons. The minimum Gasteiger partial charge on any atom is -0.384 e. The lowest BCUT2D eigenvalue weighted by Crippen LogP contribution is -2.15. The standard InChI is InChI=1S/C32H33N7O/c1-20-25(7-6-8-26(20)38-31(40)22-9-13-23(14-10-22)32(2,3)4)27-19-39-18-17-35-30(39)29(37-27)36-24-15-11-21(12-16-24)28(33)34-5/h6-19H,1-5H3,(H2,33,34)(H,36,37)(H,38,40). The van der Waals surface area contributed by atoms with E-state index in [2.05, 4.69) is 41.4 Å². The molecule has 0 saturated carbocycles. The second-order valence-corrected chi connectivity index (χ2v) is 10.7. The van der Waals surface area contributed by atoms with Crippen molar-refractivity contribution in [1.82, 2.24) is 14.4 Å². The fraction of sp³-hybridized carbons (Fsp3) is 0.188. The molecule has 0 radical (unpaired) electrons. The fourth-order valence-electron chi connectivity index (χ4n) is 4.50. The van der Waals surface area contributed by atoms with Gasteiger partial charge in [-0.1, -0.05) is 45.0 Å². The highest BCUT2D eigenvalue weighted by Crippen LogP contribution is 2.31. The Morgan fingerprint density at radius 2 is 1.68 bits per heavy atom. The molecule has 8 heteroatoms. The summed E-state index contributed by atoms with van der Waals surface area (Å²) < 4.78 is 1.93. The largest absolute Gasteiger partial charge is 0.384 e. The molecule has 0 aliphatic carbocycles. The van der Waals surface area contributed by atoms with Crippen LogP contribution in [0.3, 0.4) is 0 Å². The Hall–Kier alpha value is -4.98. The summed E-state index contributed by atoms with van der Waals surface area (Å²) in [4.78, 5) is 26.5. The van der Waals surface area contributed by atoms with E-state index >= 15 is 0 Å². The zero-order valence-corrected chi connectivity index (χ0v) is 23.4. The first-order chi connectivity index (χ1) is 19.1. The number of carbonyl (C=O) groups excluding carboxylic acids is 1. The molecule has 0 fully saturated rings. The first-order valence-corrected chi connectivity index (χ1v) is 13.1. The third kappa shape index (κ3) is 5.42. The lowest BCUT2D eigenvalue weighted by Gasteiger charge is -2.19. The number of aromatic nitrogens is 3. The minimum absolute atomic E-state index is 0.0261. The molecule has 0 unspecified atom stereocenters. The van der Waals surface area contributed by atoms with Gasteiger partial charge < -0.3 is 20.8 Å². The van der Waals surface area contributed by atoms with Crippen LogP contribution < -0.4 is 16.4 Å². The summed E-state index contributed by atoms with van der Waals surface area (Å²) in [6.07, 6.45) is 5.56. The van der Waals surface area contributed by atoms with Gasteiger partial charge in [0.1, 0.15) is 5.84 Å². The highest BCUT2D eigenvalue weighted by Gasteiger charge is 2.17. The third-order valence-electron chi connectivity index (χ3n) is 6.93. The Labute approximate surface area is 234 Å². The van der Waals surface area contributed by atoms with Crippen LogP contribution in [0.1, 0.15) is 47.8 Å². The number of rotatable bonds is 6. The number of nitrogens with zero attached hydrogens (tertiary/aromatic N) is 4. The molecule has 2 aromatic heterocycles. The first kappa shape index (κ1) is 26.6. The number of hydrogen-bond acceptors (Lipinski definition) is 5. The van der Waals surface area contributed by atoms with Gasteiger partial charge in [0.25, 0.3) is 5.91 Å². The summed E-state index contributed by atoms with van der Waals surface area (Å²) >= 11 is 0. The SMILES string of the molecule is CN=C(N)c1ccc(Nc2nc(-c3cccc(NC(=O)c4ccc(C(C)(C)C)cc4)c3C)cn3ccnc23)cc1. The average Bonchev–Trinajstić information content (AvgIpc) is 3.43. The van der Waals surface area contributed by atoms with Gasteiger partial charge in [-0.3, -0.25) is 9.79 Å². The van der Waals surface area contributed by atoms with Crippen molar-refractivity contribution >= 4 is 34.6 Å². The Morgan fingerprint density at radius 3 is 2.35 bits per heavy atom. The number of aliphatic imine (C=N–C) groups is 1. The smallest absolute Gasteiger partial charge is 0.255 e. The van der Waals surface area contributed by atoms with Crippen LogP contribution in [0.15, 0.2) is 90.3 Å². The lowest BCUT2D eigenvalue weighted by atomic mass is 9.86. The van der Waals surface area contributed by atoms with Crippen molar-refractivity contribution < 1.29 is 4.79 Å². The maximum atomic E-state index is 13.1. The fourth-order valence-corrected chi connectivity index (χ4v) is 4.50. The van der Waals surface area contributed by atoms with Gasteiger partial charge in [-0.05, 0) is 65.9 Å². The van der Waals surface area contributed by atoms with Crippen molar-refractivity contribution in [3.63, 3.8) is 0 Å². The van der Waals surface area contributed by atoms with Crippen LogP contribution in [0.4, 0.5) is 17.2 Å². The topological polar surface area (TPSA) is 110 Å². The van der Waals surface area contributed by atoms with E-state index in [1.54, 1.807) is 13.2 Å². The van der Waals surface area contributed by atoms with E-state index in [1.807, 2.05) is 90.4 Å². The van der Waals surface area contributed by atoms with Crippen LogP contribution in [-0.2, 0) is 5.41 Å². The van der Waals surface area contributed by atoms with Crippen molar-refractivity contribution in [2.45, 2.75) is 33.1 Å². The second-order valence-electron chi connectivity index (χ2n) is 10.7. The van der Waals surface area contributed by atoms with E-state index in [1.165, 1.54) is 5.56 Å². The van der Waals surface area contributed by atoms with E-state index in [0.717, 1.165) is 33.8 Å². The number of amidine groups is 1. The van der Waals surface area contributed by atoms with Gasteiger partial charge in [-0.2, -0.15) is 0 Å². The number of benzene rings is 3. The molecule has 0 spiro atoms. The molecule has 1 amide bonds. The molecule has 40 heavy (non-hydrogen) atoms. The predicted molar refractivity (Wildman–Crippen MR) is 163 cm³/mol. The van der Waals surface area contributed by atoms with Gasteiger partial charge in [0, 0.05) is 53.7 Å². The number of carbonyl (C=O) groups is 1. The lowest BCUT2D eigenvalue weighted by molar-refractivity contribution is 0.102. The quantitative estimate of drug-likeness (QED) is 0.175. The molecule has 8 nitrogen and oxygen atoms in total. The number of amides is 1. The second kappa shape index (κ2) is 10.6. The van der Waals surface area contributed by atoms with Crippen LogP contribution in [0.2, 0.25) is 0 Å². The van der Waals surface area contributed by atoms with Crippen LogP contribution in [0, 0.1) is 6.92 Å². The van der Waals surface area contributed by atoms with Gasteiger partial charge in [0.05, 0.1) is 5.69 Å². The summed E-state index contributed by atoms with van der Waals surface area (Å²) in [6, 6.07) is 21.3. The van der Waals surface area contributed by atoms with Gasteiger partial charge >= 0.3 is 0 Å². The van der Waals surface area contributed by atoms with Crippen molar-refractivity contribution in [1.29, 1.82) is 0 Å². The van der Waals surface area contributed by atoms with E-state index in [9.17, 15) is 4.79 Å². The molecule has 0 aliphatic rings. The Kier molecular flexibility index (Phi) is 7.09. The van der Waals surface area contributed by atoms with E-state index < -0.39 is 0 Å². The van der Waals surface area contributed by atoms with Gasteiger partial charge in [-0.15, -0.1) is 0 Å². The Morgan fingerprint density at radius 1 is 0.975 bits per heavy atom.